The summed E-state index contributed by atoms with van der Waals surface area (Å²) in [4.78, 5) is 18.8. The SMILES string of the molecule is CC/C=C(/C(F)F)C(CN=CN)c1cc(N2C3CCC2COC3)nc(N2C3CC[C@@]2(C)COC3)n1. The van der Waals surface area contributed by atoms with E-state index in [-0.39, 0.29) is 35.8 Å². The number of nitrogens with zero attached hydrogens (tertiary/aromatic N) is 5. The van der Waals surface area contributed by atoms with Crippen molar-refractivity contribution in [2.45, 2.75) is 82.0 Å². The number of allylic oxidation sites excluding steroid dienone is 1. The highest BCUT2D eigenvalue weighted by Gasteiger charge is 2.48. The molecule has 0 amide bonds. The van der Waals surface area contributed by atoms with Crippen LogP contribution in [0.2, 0.25) is 0 Å². The topological polar surface area (TPSA) is 89.1 Å². The molecule has 35 heavy (non-hydrogen) atoms. The lowest BCUT2D eigenvalue weighted by molar-refractivity contribution is 0.0584. The van der Waals surface area contributed by atoms with Crippen LogP contribution in [0.3, 0.4) is 0 Å². The molecule has 4 aliphatic heterocycles. The monoisotopic (exact) mass is 490 g/mol. The Bertz CT molecular complexity index is 955. The van der Waals surface area contributed by atoms with E-state index in [1.54, 1.807) is 6.08 Å². The molecule has 4 aliphatic rings. The first-order chi connectivity index (χ1) is 16.9. The molecule has 5 heterocycles. The summed E-state index contributed by atoms with van der Waals surface area (Å²) in [6.07, 6.45) is 4.74. The van der Waals surface area contributed by atoms with Gasteiger partial charge < -0.3 is 25.0 Å². The normalized spacial score (nSPS) is 31.7. The van der Waals surface area contributed by atoms with Crippen LogP contribution in [0.1, 0.15) is 57.6 Å². The molecule has 10 heteroatoms. The summed E-state index contributed by atoms with van der Waals surface area (Å²) in [5.41, 5.74) is 5.92. The molecule has 2 N–H and O–H groups in total. The van der Waals surface area contributed by atoms with Gasteiger partial charge in [0.15, 0.2) is 0 Å². The highest BCUT2D eigenvalue weighted by Crippen LogP contribution is 2.43. The molecule has 0 saturated carbocycles. The molecule has 0 aromatic carbocycles. The number of aliphatic imine (C=N–C) groups is 1. The number of aromatic nitrogens is 2. The minimum Gasteiger partial charge on any atom is -0.390 e. The molecule has 0 aliphatic carbocycles. The molecular weight excluding hydrogens is 454 g/mol. The second-order valence-corrected chi connectivity index (χ2v) is 10.3. The Morgan fingerprint density at radius 1 is 1.20 bits per heavy atom. The van der Waals surface area contributed by atoms with E-state index >= 15 is 0 Å². The van der Waals surface area contributed by atoms with Gasteiger partial charge in [0.05, 0.1) is 68.7 Å². The fourth-order valence-corrected chi connectivity index (χ4v) is 6.30. The third-order valence-electron chi connectivity index (χ3n) is 7.97. The van der Waals surface area contributed by atoms with Crippen LogP contribution in [0.5, 0.6) is 0 Å². The summed E-state index contributed by atoms with van der Waals surface area (Å²) in [7, 11) is 0. The number of hydrogen-bond donors (Lipinski definition) is 1. The number of fused-ring (bicyclic) bond motifs is 4. The van der Waals surface area contributed by atoms with Crippen LogP contribution < -0.4 is 15.5 Å². The van der Waals surface area contributed by atoms with E-state index < -0.39 is 12.3 Å². The van der Waals surface area contributed by atoms with E-state index in [4.69, 9.17) is 25.2 Å². The third kappa shape index (κ3) is 4.50. The molecule has 4 unspecified atom stereocenters. The van der Waals surface area contributed by atoms with E-state index in [1.807, 2.05) is 13.0 Å². The molecule has 4 saturated heterocycles. The highest BCUT2D eigenvalue weighted by molar-refractivity contribution is 5.54. The average Bonchev–Trinajstić information content (AvgIpc) is 3.21. The number of ether oxygens (including phenoxy) is 2. The number of nitrogens with two attached hydrogens (primary N) is 1. The standard InChI is InChI=1S/C25H36F2N6O2/c1-3-4-19(23(26)27)20(10-29-15-28)21-9-22(32-16-5-6-17(32)12-34-11-16)31-24(30-21)33-18-7-8-25(33,2)14-35-13-18/h4,9,15-18,20,23H,3,5-8,10-14H2,1-2H3,(H2,28,29)/b19-4+/t16?,17?,18?,20?,25-/m0/s1. The lowest BCUT2D eigenvalue weighted by atomic mass is 9.94. The van der Waals surface area contributed by atoms with Gasteiger partial charge in [-0.15, -0.1) is 0 Å². The Hall–Kier alpha value is -2.33. The fourth-order valence-electron chi connectivity index (χ4n) is 6.30. The number of hydrogen-bond acceptors (Lipinski definition) is 7. The first-order valence-corrected chi connectivity index (χ1v) is 12.8. The zero-order chi connectivity index (χ0) is 24.6. The first-order valence-electron chi connectivity index (χ1n) is 12.8. The van der Waals surface area contributed by atoms with Gasteiger partial charge in [0.1, 0.15) is 5.82 Å². The number of rotatable bonds is 8. The van der Waals surface area contributed by atoms with E-state index in [1.165, 1.54) is 6.34 Å². The predicted octanol–water partition coefficient (Wildman–Crippen LogP) is 3.27. The van der Waals surface area contributed by atoms with Crippen LogP contribution >= 0.6 is 0 Å². The van der Waals surface area contributed by atoms with E-state index in [0.29, 0.717) is 44.5 Å². The fraction of sp³-hybridized carbons (Fsp3) is 0.720. The molecule has 4 bridgehead atoms. The van der Waals surface area contributed by atoms with Crippen molar-refractivity contribution in [2.75, 3.05) is 42.8 Å². The summed E-state index contributed by atoms with van der Waals surface area (Å²) < 4.78 is 40.1. The molecule has 5 rings (SSSR count). The highest BCUT2D eigenvalue weighted by atomic mass is 19.3. The van der Waals surface area contributed by atoms with Gasteiger partial charge in [-0.2, -0.15) is 4.98 Å². The van der Waals surface area contributed by atoms with Crippen molar-refractivity contribution in [1.29, 1.82) is 0 Å². The van der Waals surface area contributed by atoms with Crippen molar-refractivity contribution in [3.63, 3.8) is 0 Å². The molecule has 8 nitrogen and oxygen atoms in total. The first kappa shape index (κ1) is 24.4. The number of alkyl halides is 2. The van der Waals surface area contributed by atoms with Crippen molar-refractivity contribution in [2.24, 2.45) is 10.7 Å². The van der Waals surface area contributed by atoms with Gasteiger partial charge in [0.25, 0.3) is 6.43 Å². The lowest BCUT2D eigenvalue weighted by Crippen LogP contribution is -2.55. The Labute approximate surface area is 205 Å². The van der Waals surface area contributed by atoms with Crippen LogP contribution in [0, 0.1) is 0 Å². The van der Waals surface area contributed by atoms with Gasteiger partial charge in [-0.05, 0) is 39.0 Å². The van der Waals surface area contributed by atoms with Crippen LogP contribution in [0.4, 0.5) is 20.5 Å². The molecule has 0 spiro atoms. The van der Waals surface area contributed by atoms with Gasteiger partial charge >= 0.3 is 0 Å². The zero-order valence-corrected chi connectivity index (χ0v) is 20.6. The van der Waals surface area contributed by atoms with Crippen LogP contribution in [0.15, 0.2) is 22.7 Å². The maximum Gasteiger partial charge on any atom is 0.260 e. The lowest BCUT2D eigenvalue weighted by Gasteiger charge is -2.43. The largest absolute Gasteiger partial charge is 0.390 e. The molecule has 5 atom stereocenters. The van der Waals surface area contributed by atoms with Crippen LogP contribution in [0.25, 0.3) is 0 Å². The number of halogens is 2. The summed E-state index contributed by atoms with van der Waals surface area (Å²) in [5, 5.41) is 0. The Morgan fingerprint density at radius 2 is 1.94 bits per heavy atom. The van der Waals surface area contributed by atoms with E-state index in [9.17, 15) is 8.78 Å². The summed E-state index contributed by atoms with van der Waals surface area (Å²) in [6.45, 7) is 6.69. The van der Waals surface area contributed by atoms with Crippen LogP contribution in [-0.4, -0.2) is 79.4 Å². The molecule has 192 valence electrons. The maximum absolute atomic E-state index is 14.2. The quantitative estimate of drug-likeness (QED) is 0.340. The Balaban J connectivity index is 1.63. The summed E-state index contributed by atoms with van der Waals surface area (Å²) >= 11 is 0. The van der Waals surface area contributed by atoms with Gasteiger partial charge in [-0.25, -0.2) is 13.8 Å². The van der Waals surface area contributed by atoms with E-state index in [2.05, 4.69) is 21.7 Å². The molecular formula is C25H36F2N6O2. The number of anilines is 2. The van der Waals surface area contributed by atoms with Crippen molar-refractivity contribution >= 4 is 18.1 Å². The Kier molecular flexibility index (Phi) is 6.94. The number of morpholine rings is 2. The molecule has 1 aromatic heterocycles. The molecule has 1 aromatic rings. The van der Waals surface area contributed by atoms with Gasteiger partial charge in [0.2, 0.25) is 5.95 Å². The minimum atomic E-state index is -2.61. The zero-order valence-electron chi connectivity index (χ0n) is 20.6. The summed E-state index contributed by atoms with van der Waals surface area (Å²) in [6, 6.07) is 2.55. The van der Waals surface area contributed by atoms with Gasteiger partial charge in [-0.1, -0.05) is 13.0 Å². The van der Waals surface area contributed by atoms with Crippen LogP contribution in [-0.2, 0) is 9.47 Å². The second kappa shape index (κ2) is 9.97. The van der Waals surface area contributed by atoms with E-state index in [0.717, 1.165) is 31.5 Å². The van der Waals surface area contributed by atoms with Crippen molar-refractivity contribution in [3.8, 4) is 0 Å². The average molecular weight is 491 g/mol. The van der Waals surface area contributed by atoms with Crippen molar-refractivity contribution in [3.05, 3.63) is 23.4 Å². The maximum atomic E-state index is 14.2. The van der Waals surface area contributed by atoms with Crippen molar-refractivity contribution < 1.29 is 18.3 Å². The van der Waals surface area contributed by atoms with Crippen molar-refractivity contribution in [1.82, 2.24) is 9.97 Å². The van der Waals surface area contributed by atoms with Gasteiger partial charge in [0, 0.05) is 17.6 Å². The summed E-state index contributed by atoms with van der Waals surface area (Å²) in [5.74, 6) is 0.714. The molecule has 4 fully saturated rings. The third-order valence-corrected chi connectivity index (χ3v) is 7.97. The smallest absolute Gasteiger partial charge is 0.260 e. The predicted molar refractivity (Wildman–Crippen MR) is 132 cm³/mol. The van der Waals surface area contributed by atoms with Gasteiger partial charge in [-0.3, -0.25) is 4.99 Å². The minimum absolute atomic E-state index is 0.0369. The Morgan fingerprint density at radius 3 is 2.60 bits per heavy atom. The second-order valence-electron chi connectivity index (χ2n) is 10.3. The molecule has 0 radical (unpaired) electrons.